The fourth-order valence-electron chi connectivity index (χ4n) is 2.24. The van der Waals surface area contributed by atoms with Crippen LogP contribution in [0.15, 0.2) is 29.7 Å². The Kier molecular flexibility index (Phi) is 5.94. The molecule has 1 N–H and O–H groups in total. The number of rotatable bonds is 7. The van der Waals surface area contributed by atoms with E-state index >= 15 is 0 Å². The minimum Gasteiger partial charge on any atom is -0.302 e. The SMILES string of the molecule is CCc1nnc(NC(=O)C(C)Sc2nnc(-c3ccncc3)n2CC)s1. The lowest BCUT2D eigenvalue weighted by Crippen LogP contribution is -2.22. The van der Waals surface area contributed by atoms with Crippen molar-refractivity contribution in [3.8, 4) is 11.4 Å². The Bertz CT molecular complexity index is 878. The number of nitrogens with zero attached hydrogens (tertiary/aromatic N) is 6. The van der Waals surface area contributed by atoms with Crippen molar-refractivity contribution in [2.45, 2.75) is 44.1 Å². The maximum Gasteiger partial charge on any atom is 0.239 e. The molecule has 1 atom stereocenters. The molecule has 0 radical (unpaired) electrons. The summed E-state index contributed by atoms with van der Waals surface area (Å²) in [5, 5.41) is 21.1. The van der Waals surface area contributed by atoms with Crippen molar-refractivity contribution in [1.29, 1.82) is 0 Å². The van der Waals surface area contributed by atoms with E-state index in [9.17, 15) is 4.79 Å². The fourth-order valence-corrected chi connectivity index (χ4v) is 3.84. The van der Waals surface area contributed by atoms with Crippen LogP contribution in [-0.4, -0.2) is 41.1 Å². The Morgan fingerprint density at radius 2 is 2.00 bits per heavy atom. The minimum atomic E-state index is -0.344. The van der Waals surface area contributed by atoms with Gasteiger partial charge in [0, 0.05) is 24.5 Å². The quantitative estimate of drug-likeness (QED) is 0.620. The van der Waals surface area contributed by atoms with Gasteiger partial charge in [0.2, 0.25) is 11.0 Å². The number of thioether (sulfide) groups is 1. The molecule has 1 unspecified atom stereocenters. The van der Waals surface area contributed by atoms with Gasteiger partial charge in [-0.1, -0.05) is 30.0 Å². The summed E-state index contributed by atoms with van der Waals surface area (Å²) in [6, 6.07) is 3.78. The van der Waals surface area contributed by atoms with Crippen LogP contribution in [0.25, 0.3) is 11.4 Å². The van der Waals surface area contributed by atoms with Crippen LogP contribution in [0.4, 0.5) is 5.13 Å². The maximum atomic E-state index is 12.4. The summed E-state index contributed by atoms with van der Waals surface area (Å²) in [6.45, 7) is 6.57. The second kappa shape index (κ2) is 8.37. The zero-order valence-electron chi connectivity index (χ0n) is 14.7. The van der Waals surface area contributed by atoms with Crippen LogP contribution in [0.1, 0.15) is 25.8 Å². The van der Waals surface area contributed by atoms with E-state index < -0.39 is 0 Å². The Morgan fingerprint density at radius 1 is 1.23 bits per heavy atom. The van der Waals surface area contributed by atoms with E-state index in [1.165, 1.54) is 23.1 Å². The van der Waals surface area contributed by atoms with E-state index in [-0.39, 0.29) is 11.2 Å². The summed E-state index contributed by atoms with van der Waals surface area (Å²) in [4.78, 5) is 16.5. The van der Waals surface area contributed by atoms with E-state index in [2.05, 4.69) is 30.7 Å². The molecule has 3 rings (SSSR count). The van der Waals surface area contributed by atoms with Gasteiger partial charge < -0.3 is 4.57 Å². The van der Waals surface area contributed by atoms with Crippen LogP contribution in [0.3, 0.4) is 0 Å². The number of pyridine rings is 1. The molecule has 0 aliphatic carbocycles. The molecule has 136 valence electrons. The number of carbonyl (C=O) groups is 1. The van der Waals surface area contributed by atoms with Gasteiger partial charge in [0.25, 0.3) is 0 Å². The molecule has 1 amide bonds. The molecule has 0 bridgehead atoms. The fraction of sp³-hybridized carbons (Fsp3) is 0.375. The summed E-state index contributed by atoms with van der Waals surface area (Å²) in [6.07, 6.45) is 4.24. The Balaban J connectivity index is 1.71. The van der Waals surface area contributed by atoms with Crippen LogP contribution in [-0.2, 0) is 17.8 Å². The first-order valence-electron chi connectivity index (χ1n) is 8.25. The smallest absolute Gasteiger partial charge is 0.239 e. The highest BCUT2D eigenvalue weighted by molar-refractivity contribution is 8.00. The first-order chi connectivity index (χ1) is 12.6. The number of anilines is 1. The van der Waals surface area contributed by atoms with E-state index in [0.29, 0.717) is 16.8 Å². The van der Waals surface area contributed by atoms with Crippen molar-refractivity contribution in [2.24, 2.45) is 0 Å². The summed E-state index contributed by atoms with van der Waals surface area (Å²) < 4.78 is 1.99. The number of aryl methyl sites for hydroxylation is 1. The van der Waals surface area contributed by atoms with Gasteiger partial charge in [0.15, 0.2) is 11.0 Å². The normalized spacial score (nSPS) is 12.1. The molecule has 0 aromatic carbocycles. The van der Waals surface area contributed by atoms with E-state index in [0.717, 1.165) is 22.8 Å². The van der Waals surface area contributed by atoms with Crippen LogP contribution in [0, 0.1) is 0 Å². The second-order valence-electron chi connectivity index (χ2n) is 5.39. The number of nitrogens with one attached hydrogen (secondary N) is 1. The molecule has 0 saturated heterocycles. The average Bonchev–Trinajstić information content (AvgIpc) is 3.28. The maximum absolute atomic E-state index is 12.4. The number of hydrogen-bond acceptors (Lipinski definition) is 8. The van der Waals surface area contributed by atoms with Gasteiger partial charge in [-0.25, -0.2) is 0 Å². The lowest BCUT2D eigenvalue weighted by molar-refractivity contribution is -0.115. The zero-order chi connectivity index (χ0) is 18.5. The predicted molar refractivity (Wildman–Crippen MR) is 102 cm³/mol. The van der Waals surface area contributed by atoms with Crippen molar-refractivity contribution >= 4 is 34.1 Å². The van der Waals surface area contributed by atoms with Gasteiger partial charge in [-0.15, -0.1) is 20.4 Å². The van der Waals surface area contributed by atoms with Gasteiger partial charge in [-0.3, -0.25) is 15.1 Å². The van der Waals surface area contributed by atoms with Crippen molar-refractivity contribution < 1.29 is 4.79 Å². The third-order valence-electron chi connectivity index (χ3n) is 3.62. The third kappa shape index (κ3) is 4.07. The topological polar surface area (TPSA) is 98.5 Å². The molecule has 0 fully saturated rings. The van der Waals surface area contributed by atoms with Gasteiger partial charge in [0.1, 0.15) is 5.01 Å². The molecule has 0 aliphatic rings. The Hall–Kier alpha value is -2.33. The first kappa shape index (κ1) is 18.5. The van der Waals surface area contributed by atoms with Crippen LogP contribution in [0.2, 0.25) is 0 Å². The highest BCUT2D eigenvalue weighted by atomic mass is 32.2. The molecular weight excluding hydrogens is 370 g/mol. The Morgan fingerprint density at radius 3 is 2.65 bits per heavy atom. The molecule has 10 heteroatoms. The molecule has 0 saturated carbocycles. The van der Waals surface area contributed by atoms with Crippen molar-refractivity contribution in [1.82, 2.24) is 29.9 Å². The van der Waals surface area contributed by atoms with Gasteiger partial charge in [-0.2, -0.15) is 0 Å². The molecule has 3 aromatic rings. The molecule has 3 aromatic heterocycles. The monoisotopic (exact) mass is 389 g/mol. The third-order valence-corrected chi connectivity index (χ3v) is 5.69. The van der Waals surface area contributed by atoms with Crippen LogP contribution in [0.5, 0.6) is 0 Å². The zero-order valence-corrected chi connectivity index (χ0v) is 16.3. The molecule has 0 aliphatic heterocycles. The van der Waals surface area contributed by atoms with E-state index in [1.807, 2.05) is 37.5 Å². The van der Waals surface area contributed by atoms with Crippen molar-refractivity contribution in [2.75, 3.05) is 5.32 Å². The van der Waals surface area contributed by atoms with Crippen LogP contribution < -0.4 is 5.32 Å². The van der Waals surface area contributed by atoms with Gasteiger partial charge in [-0.05, 0) is 32.4 Å². The van der Waals surface area contributed by atoms with Gasteiger partial charge >= 0.3 is 0 Å². The van der Waals surface area contributed by atoms with Gasteiger partial charge in [0.05, 0.1) is 5.25 Å². The summed E-state index contributed by atoms with van der Waals surface area (Å²) in [5.74, 6) is 0.631. The minimum absolute atomic E-state index is 0.134. The second-order valence-corrected chi connectivity index (χ2v) is 7.76. The highest BCUT2D eigenvalue weighted by Gasteiger charge is 2.21. The molecule has 3 heterocycles. The lowest BCUT2D eigenvalue weighted by atomic mass is 10.2. The molecule has 8 nitrogen and oxygen atoms in total. The first-order valence-corrected chi connectivity index (χ1v) is 9.95. The van der Waals surface area contributed by atoms with E-state index in [1.54, 1.807) is 12.4 Å². The van der Waals surface area contributed by atoms with Crippen molar-refractivity contribution in [3.05, 3.63) is 29.5 Å². The van der Waals surface area contributed by atoms with Crippen molar-refractivity contribution in [3.63, 3.8) is 0 Å². The summed E-state index contributed by atoms with van der Waals surface area (Å²) in [5.41, 5.74) is 0.944. The van der Waals surface area contributed by atoms with E-state index in [4.69, 9.17) is 0 Å². The number of aromatic nitrogens is 6. The standard InChI is InChI=1S/C16H19N7OS2/c1-4-12-19-21-15(26-12)18-14(24)10(3)25-16-22-20-13(23(16)5-2)11-6-8-17-9-7-11/h6-10H,4-5H2,1-3H3,(H,18,21,24). The number of amides is 1. The van der Waals surface area contributed by atoms with Crippen LogP contribution >= 0.6 is 23.1 Å². The highest BCUT2D eigenvalue weighted by Crippen LogP contribution is 2.27. The molecule has 26 heavy (non-hydrogen) atoms. The molecule has 0 spiro atoms. The number of carbonyl (C=O) groups excluding carboxylic acids is 1. The summed E-state index contributed by atoms with van der Waals surface area (Å²) in [7, 11) is 0. The Labute approximate surface area is 159 Å². The average molecular weight is 390 g/mol. The number of hydrogen-bond donors (Lipinski definition) is 1. The lowest BCUT2D eigenvalue weighted by Gasteiger charge is -2.11. The summed E-state index contributed by atoms with van der Waals surface area (Å²) >= 11 is 2.76. The molecular formula is C16H19N7OS2. The predicted octanol–water partition coefficient (Wildman–Crippen LogP) is 2.89. The largest absolute Gasteiger partial charge is 0.302 e.